The number of benzene rings is 1. The molecule has 35 heavy (non-hydrogen) atoms. The summed E-state index contributed by atoms with van der Waals surface area (Å²) < 4.78 is 19.6. The number of nitrogens with zero attached hydrogens (tertiary/aromatic N) is 4. The monoisotopic (exact) mass is 568 g/mol. The molecule has 2 saturated heterocycles. The average Bonchev–Trinajstić information content (AvgIpc) is 2.93. The van der Waals surface area contributed by atoms with Gasteiger partial charge in [-0.2, -0.15) is 4.98 Å². The highest BCUT2D eigenvalue weighted by Crippen LogP contribution is 2.45. The Bertz CT molecular complexity index is 1260. The Morgan fingerprint density at radius 1 is 1.23 bits per heavy atom. The molecular weight excluding hydrogens is 540 g/mol. The highest BCUT2D eigenvalue weighted by Gasteiger charge is 2.44. The van der Waals surface area contributed by atoms with Crippen molar-refractivity contribution >= 4 is 50.3 Å². The van der Waals surface area contributed by atoms with E-state index in [1.807, 2.05) is 40.7 Å². The van der Waals surface area contributed by atoms with Crippen LogP contribution in [0.2, 0.25) is 5.02 Å². The number of ether oxygens (including phenoxy) is 3. The van der Waals surface area contributed by atoms with Crippen LogP contribution in [0.4, 0.5) is 10.6 Å². The van der Waals surface area contributed by atoms with Crippen molar-refractivity contribution in [2.24, 2.45) is 5.41 Å². The lowest BCUT2D eigenvalue weighted by Gasteiger charge is -2.45. The first-order valence-corrected chi connectivity index (χ1v) is 13.0. The summed E-state index contributed by atoms with van der Waals surface area (Å²) in [5, 5.41) is 1.23. The number of hydrogen-bond donors (Lipinski definition) is 0. The number of carbonyl (C=O) groups excluding carboxylic acids is 1. The molecule has 0 unspecified atom stereocenters. The molecule has 2 atom stereocenters. The maximum atomic E-state index is 13.4. The van der Waals surface area contributed by atoms with Crippen LogP contribution in [0.1, 0.15) is 34.6 Å². The minimum atomic E-state index is -0.574. The Labute approximate surface area is 217 Å². The SMILES string of the molecule is C[C@H]1CN(c2nc(=O)n3c4c(c(Br)c(Cl)cc24)OCC2(COC2)C3)[C@@H](C)CN1C(=O)OC(C)(C)C. The molecule has 2 fully saturated rings. The van der Waals surface area contributed by atoms with Crippen molar-refractivity contribution < 1.29 is 19.0 Å². The molecule has 1 aromatic heterocycles. The molecule has 1 spiro atoms. The zero-order chi connectivity index (χ0) is 25.3. The maximum absolute atomic E-state index is 13.4. The van der Waals surface area contributed by atoms with Gasteiger partial charge in [-0.3, -0.25) is 4.57 Å². The molecule has 0 radical (unpaired) electrons. The van der Waals surface area contributed by atoms with Gasteiger partial charge in [0.2, 0.25) is 0 Å². The van der Waals surface area contributed by atoms with E-state index in [1.54, 1.807) is 9.47 Å². The van der Waals surface area contributed by atoms with Crippen LogP contribution in [0.15, 0.2) is 15.3 Å². The Kier molecular flexibility index (Phi) is 6.00. The summed E-state index contributed by atoms with van der Waals surface area (Å²) in [5.74, 6) is 1.09. The third kappa shape index (κ3) is 4.27. The number of piperazine rings is 1. The summed E-state index contributed by atoms with van der Waals surface area (Å²) in [6.45, 7) is 12.4. The Balaban J connectivity index is 1.57. The lowest BCUT2D eigenvalue weighted by molar-refractivity contribution is -0.137. The second kappa shape index (κ2) is 8.52. The van der Waals surface area contributed by atoms with Gasteiger partial charge in [0, 0.05) is 37.1 Å². The second-order valence-electron chi connectivity index (χ2n) is 11.0. The largest absolute Gasteiger partial charge is 0.489 e. The first-order valence-electron chi connectivity index (χ1n) is 11.8. The van der Waals surface area contributed by atoms with Crippen molar-refractivity contribution in [1.29, 1.82) is 0 Å². The van der Waals surface area contributed by atoms with Crippen LogP contribution < -0.4 is 15.3 Å². The minimum absolute atomic E-state index is 0.104. The number of carbonyl (C=O) groups is 1. The van der Waals surface area contributed by atoms with Crippen LogP contribution in [0.5, 0.6) is 5.75 Å². The number of hydrogen-bond acceptors (Lipinski definition) is 7. The molecule has 0 bridgehead atoms. The molecule has 9 nitrogen and oxygen atoms in total. The van der Waals surface area contributed by atoms with Crippen LogP contribution in [-0.4, -0.2) is 71.1 Å². The summed E-state index contributed by atoms with van der Waals surface area (Å²) in [5.41, 5.74) is -0.496. The first kappa shape index (κ1) is 24.6. The average molecular weight is 570 g/mol. The fraction of sp³-hybridized carbons (Fsp3) is 0.625. The van der Waals surface area contributed by atoms with Gasteiger partial charge in [0.15, 0.2) is 5.75 Å². The first-order chi connectivity index (χ1) is 16.4. The zero-order valence-corrected chi connectivity index (χ0v) is 22.9. The summed E-state index contributed by atoms with van der Waals surface area (Å²) in [6.07, 6.45) is -0.341. The van der Waals surface area contributed by atoms with E-state index in [4.69, 9.17) is 25.8 Å². The van der Waals surface area contributed by atoms with E-state index in [2.05, 4.69) is 25.8 Å². The molecule has 0 N–H and O–H groups in total. The number of amides is 1. The van der Waals surface area contributed by atoms with Crippen LogP contribution in [-0.2, 0) is 16.0 Å². The molecule has 190 valence electrons. The quantitative estimate of drug-likeness (QED) is 0.512. The van der Waals surface area contributed by atoms with E-state index in [1.165, 1.54) is 0 Å². The maximum Gasteiger partial charge on any atom is 0.410 e. The Morgan fingerprint density at radius 2 is 1.94 bits per heavy atom. The van der Waals surface area contributed by atoms with Gasteiger partial charge in [-0.05, 0) is 56.6 Å². The lowest BCUT2D eigenvalue weighted by Crippen LogP contribution is -2.59. The molecule has 4 heterocycles. The Hall–Kier alpha value is -2.04. The van der Waals surface area contributed by atoms with E-state index in [-0.39, 0.29) is 29.3 Å². The van der Waals surface area contributed by atoms with Crippen molar-refractivity contribution in [2.45, 2.75) is 58.8 Å². The van der Waals surface area contributed by atoms with Crippen LogP contribution in [0.3, 0.4) is 0 Å². The van der Waals surface area contributed by atoms with Gasteiger partial charge >= 0.3 is 11.8 Å². The van der Waals surface area contributed by atoms with E-state index in [0.717, 1.165) is 5.39 Å². The number of aromatic nitrogens is 2. The predicted molar refractivity (Wildman–Crippen MR) is 137 cm³/mol. The summed E-state index contributed by atoms with van der Waals surface area (Å²) in [4.78, 5) is 34.6. The van der Waals surface area contributed by atoms with Crippen molar-refractivity contribution in [1.82, 2.24) is 14.5 Å². The lowest BCUT2D eigenvalue weighted by atomic mass is 9.87. The molecule has 3 aliphatic rings. The molecule has 3 aliphatic heterocycles. The van der Waals surface area contributed by atoms with E-state index < -0.39 is 5.60 Å². The molecule has 5 rings (SSSR count). The van der Waals surface area contributed by atoms with Gasteiger partial charge in [-0.15, -0.1) is 0 Å². The van der Waals surface area contributed by atoms with Crippen molar-refractivity contribution in [3.05, 3.63) is 26.0 Å². The molecule has 11 heteroatoms. The standard InChI is InChI=1S/C24H30BrClN4O5/c1-13-8-29(22(32)35-23(3,4)5)14(2)7-28(13)20-15-6-16(26)17(25)19-18(15)30(21(31)27-20)9-24(12-34-19)10-33-11-24/h6,13-14H,7-12H2,1-5H3/t13-,14-/m0/s1. The Morgan fingerprint density at radius 3 is 2.57 bits per heavy atom. The summed E-state index contributed by atoms with van der Waals surface area (Å²) in [6, 6.07) is 1.58. The van der Waals surface area contributed by atoms with Gasteiger partial charge in [0.25, 0.3) is 0 Å². The van der Waals surface area contributed by atoms with Crippen molar-refractivity contribution in [2.75, 3.05) is 37.8 Å². The number of anilines is 1. The molecule has 1 aromatic carbocycles. The highest BCUT2D eigenvalue weighted by molar-refractivity contribution is 9.10. The molecule has 0 saturated carbocycles. The molecule has 0 aliphatic carbocycles. The smallest absolute Gasteiger partial charge is 0.410 e. The van der Waals surface area contributed by atoms with E-state index in [9.17, 15) is 9.59 Å². The summed E-state index contributed by atoms with van der Waals surface area (Å²) in [7, 11) is 0. The van der Waals surface area contributed by atoms with Crippen molar-refractivity contribution in [3.63, 3.8) is 0 Å². The molecule has 1 amide bonds. The predicted octanol–water partition coefficient (Wildman–Crippen LogP) is 4.06. The topological polar surface area (TPSA) is 86.1 Å². The van der Waals surface area contributed by atoms with Crippen LogP contribution >= 0.6 is 27.5 Å². The van der Waals surface area contributed by atoms with Gasteiger partial charge in [-0.25, -0.2) is 9.59 Å². The van der Waals surface area contributed by atoms with Gasteiger partial charge < -0.3 is 24.0 Å². The third-order valence-corrected chi connectivity index (χ3v) is 8.13. The van der Waals surface area contributed by atoms with E-state index in [0.29, 0.717) is 66.0 Å². The summed E-state index contributed by atoms with van der Waals surface area (Å²) >= 11 is 10.2. The van der Waals surface area contributed by atoms with Gasteiger partial charge in [0.1, 0.15) is 18.0 Å². The minimum Gasteiger partial charge on any atom is -0.489 e. The van der Waals surface area contributed by atoms with Gasteiger partial charge in [0.05, 0.1) is 33.6 Å². The van der Waals surface area contributed by atoms with E-state index >= 15 is 0 Å². The van der Waals surface area contributed by atoms with Crippen molar-refractivity contribution in [3.8, 4) is 5.75 Å². The number of rotatable bonds is 1. The molecule has 2 aromatic rings. The van der Waals surface area contributed by atoms with Gasteiger partial charge in [-0.1, -0.05) is 11.6 Å². The highest BCUT2D eigenvalue weighted by atomic mass is 79.9. The fourth-order valence-electron chi connectivity index (χ4n) is 5.00. The van der Waals surface area contributed by atoms with Crippen LogP contribution in [0.25, 0.3) is 10.9 Å². The number of halogens is 2. The second-order valence-corrected chi connectivity index (χ2v) is 12.2. The normalized spacial score (nSPS) is 23.6. The van der Waals surface area contributed by atoms with Crippen LogP contribution in [0, 0.1) is 5.41 Å². The fourth-order valence-corrected chi connectivity index (χ4v) is 5.62. The molecular formula is C24H30BrClN4O5. The zero-order valence-electron chi connectivity index (χ0n) is 20.6. The third-order valence-electron chi connectivity index (χ3n) is 6.81.